The van der Waals surface area contributed by atoms with Gasteiger partial charge in [-0.05, 0) is 12.8 Å². The zero-order valence-corrected chi connectivity index (χ0v) is 17.2. The lowest BCUT2D eigenvalue weighted by molar-refractivity contribution is -0.136. The average Bonchev–Trinajstić information content (AvgIpc) is 2.89. The van der Waals surface area contributed by atoms with E-state index in [4.69, 9.17) is 14.2 Å². The van der Waals surface area contributed by atoms with Crippen LogP contribution >= 0.6 is 0 Å². The zero-order chi connectivity index (χ0) is 21.2. The van der Waals surface area contributed by atoms with Crippen LogP contribution in [0.5, 0.6) is 17.2 Å². The van der Waals surface area contributed by atoms with Crippen LogP contribution < -0.4 is 19.5 Å². The molecule has 0 atom stereocenters. The van der Waals surface area contributed by atoms with Crippen LogP contribution in [-0.2, 0) is 9.59 Å². The maximum absolute atomic E-state index is 13.0. The van der Waals surface area contributed by atoms with E-state index in [1.54, 1.807) is 19.2 Å². The number of hydrogen-bond acceptors (Lipinski definition) is 6. The van der Waals surface area contributed by atoms with E-state index < -0.39 is 17.5 Å². The Kier molecular flexibility index (Phi) is 5.86. The Morgan fingerprint density at radius 2 is 1.62 bits per heavy atom. The van der Waals surface area contributed by atoms with Gasteiger partial charge >= 0.3 is 6.03 Å². The molecule has 1 aliphatic carbocycles. The molecule has 4 amide bonds. The van der Waals surface area contributed by atoms with Crippen LogP contribution in [0.3, 0.4) is 0 Å². The predicted octanol–water partition coefficient (Wildman–Crippen LogP) is 2.25. The van der Waals surface area contributed by atoms with E-state index in [0.717, 1.165) is 24.2 Å². The number of rotatable bonds is 6. The third kappa shape index (κ3) is 3.56. The van der Waals surface area contributed by atoms with Gasteiger partial charge < -0.3 is 24.4 Å². The predicted molar refractivity (Wildman–Crippen MR) is 105 cm³/mol. The van der Waals surface area contributed by atoms with Crippen molar-refractivity contribution < 1.29 is 28.6 Å². The third-order valence-corrected chi connectivity index (χ3v) is 5.73. The highest BCUT2D eigenvalue weighted by Crippen LogP contribution is 2.41. The van der Waals surface area contributed by atoms with Crippen LogP contribution in [0, 0.1) is 0 Å². The molecule has 3 rings (SSSR count). The first kappa shape index (κ1) is 20.8. The smallest absolute Gasteiger partial charge is 0.327 e. The lowest BCUT2D eigenvalue weighted by Gasteiger charge is -2.35. The second kappa shape index (κ2) is 8.18. The molecule has 9 nitrogen and oxygen atoms in total. The Hall–Kier alpha value is -2.97. The lowest BCUT2D eigenvalue weighted by atomic mass is 9.81. The Morgan fingerprint density at radius 1 is 1.03 bits per heavy atom. The summed E-state index contributed by atoms with van der Waals surface area (Å²) in [6, 6.07) is 2.74. The van der Waals surface area contributed by atoms with Crippen molar-refractivity contribution in [2.45, 2.75) is 37.6 Å². The fraction of sp³-hybridized carbons (Fsp3) is 0.550. The molecular formula is C20H27N3O6. The summed E-state index contributed by atoms with van der Waals surface area (Å²) in [5, 5.41) is 2.70. The fourth-order valence-electron chi connectivity index (χ4n) is 4.17. The molecule has 9 heteroatoms. The number of imide groups is 1. The maximum Gasteiger partial charge on any atom is 0.327 e. The minimum absolute atomic E-state index is 0.287. The average molecular weight is 405 g/mol. The Morgan fingerprint density at radius 3 is 2.14 bits per heavy atom. The molecule has 0 unspecified atom stereocenters. The van der Waals surface area contributed by atoms with Gasteiger partial charge in [0, 0.05) is 24.9 Å². The first-order chi connectivity index (χ1) is 13.9. The van der Waals surface area contributed by atoms with Crippen molar-refractivity contribution in [1.29, 1.82) is 0 Å². The molecule has 1 N–H and O–H groups in total. The molecule has 29 heavy (non-hydrogen) atoms. The summed E-state index contributed by atoms with van der Waals surface area (Å²) in [4.78, 5) is 40.8. The number of urea groups is 1. The first-order valence-corrected chi connectivity index (χ1v) is 9.57. The number of ether oxygens (including phenoxy) is 3. The topological polar surface area (TPSA) is 97.4 Å². The molecule has 0 radical (unpaired) electrons. The molecular weight excluding hydrogens is 378 g/mol. The van der Waals surface area contributed by atoms with Crippen LogP contribution in [0.1, 0.15) is 32.1 Å². The fourth-order valence-corrected chi connectivity index (χ4v) is 4.17. The molecule has 1 saturated heterocycles. The summed E-state index contributed by atoms with van der Waals surface area (Å²) in [7, 11) is 6.08. The van der Waals surface area contributed by atoms with Gasteiger partial charge in [0.05, 0.1) is 21.3 Å². The van der Waals surface area contributed by atoms with E-state index in [2.05, 4.69) is 5.32 Å². The molecule has 0 bridgehead atoms. The van der Waals surface area contributed by atoms with Crippen molar-refractivity contribution in [1.82, 2.24) is 9.80 Å². The van der Waals surface area contributed by atoms with E-state index in [1.165, 1.54) is 26.2 Å². The molecule has 1 spiro atoms. The largest absolute Gasteiger partial charge is 0.493 e. The summed E-state index contributed by atoms with van der Waals surface area (Å²) in [6.07, 6.45) is 4.13. The Bertz CT molecular complexity index is 793. The molecule has 1 aromatic rings. The number of nitrogens with one attached hydrogen (secondary N) is 1. The van der Waals surface area contributed by atoms with Crippen LogP contribution in [0.25, 0.3) is 0 Å². The monoisotopic (exact) mass is 405 g/mol. The van der Waals surface area contributed by atoms with Gasteiger partial charge in [0.2, 0.25) is 11.7 Å². The van der Waals surface area contributed by atoms with Gasteiger partial charge in [0.1, 0.15) is 12.1 Å². The van der Waals surface area contributed by atoms with Crippen LogP contribution in [0.2, 0.25) is 0 Å². The lowest BCUT2D eigenvalue weighted by Crippen LogP contribution is -2.49. The molecule has 0 aromatic heterocycles. The van der Waals surface area contributed by atoms with Gasteiger partial charge in [-0.15, -0.1) is 0 Å². The number of amides is 4. The standard InChI is InChI=1S/C20H27N3O6/c1-22-19(26)23(18(25)20(22)8-6-5-7-9-20)12-16(24)21-13-10-14(27-2)17(29-4)15(11-13)28-3/h10-11H,5-9,12H2,1-4H3,(H,21,24). The second-order valence-corrected chi connectivity index (χ2v) is 7.29. The first-order valence-electron chi connectivity index (χ1n) is 9.57. The van der Waals surface area contributed by atoms with Gasteiger partial charge in [-0.2, -0.15) is 0 Å². The van der Waals surface area contributed by atoms with Crippen LogP contribution in [0.4, 0.5) is 10.5 Å². The second-order valence-electron chi connectivity index (χ2n) is 7.29. The summed E-state index contributed by atoms with van der Waals surface area (Å²) in [5.74, 6) is 0.401. The van der Waals surface area contributed by atoms with E-state index in [1.807, 2.05) is 0 Å². The number of carbonyl (C=O) groups excluding carboxylic acids is 3. The van der Waals surface area contributed by atoms with E-state index >= 15 is 0 Å². The maximum atomic E-state index is 13.0. The van der Waals surface area contributed by atoms with Crippen molar-refractivity contribution in [3.8, 4) is 17.2 Å². The van der Waals surface area contributed by atoms with Crippen LogP contribution in [0.15, 0.2) is 12.1 Å². The molecule has 158 valence electrons. The summed E-state index contributed by atoms with van der Waals surface area (Å²) < 4.78 is 15.8. The highest BCUT2D eigenvalue weighted by Gasteiger charge is 2.55. The normalized spacial score (nSPS) is 18.2. The highest BCUT2D eigenvalue weighted by atomic mass is 16.5. The Labute approximate surface area is 169 Å². The van der Waals surface area contributed by atoms with Crippen molar-refractivity contribution in [3.63, 3.8) is 0 Å². The zero-order valence-electron chi connectivity index (χ0n) is 17.2. The van der Waals surface area contributed by atoms with Crippen molar-refractivity contribution in [3.05, 3.63) is 12.1 Å². The number of hydrogen-bond donors (Lipinski definition) is 1. The summed E-state index contributed by atoms with van der Waals surface area (Å²) in [6.45, 7) is -0.347. The molecule has 1 aromatic carbocycles. The summed E-state index contributed by atoms with van der Waals surface area (Å²) in [5.41, 5.74) is -0.397. The van der Waals surface area contributed by atoms with Gasteiger partial charge in [-0.1, -0.05) is 19.3 Å². The van der Waals surface area contributed by atoms with Gasteiger partial charge in [-0.3, -0.25) is 14.5 Å². The number of carbonyl (C=O) groups is 3. The van der Waals surface area contributed by atoms with Crippen molar-refractivity contribution in [2.24, 2.45) is 0 Å². The number of benzene rings is 1. The van der Waals surface area contributed by atoms with E-state index in [0.29, 0.717) is 35.8 Å². The number of likely N-dealkylation sites (N-methyl/N-ethyl adjacent to an activating group) is 1. The van der Waals surface area contributed by atoms with Crippen LogP contribution in [-0.4, -0.2) is 68.1 Å². The molecule has 1 heterocycles. The van der Waals surface area contributed by atoms with E-state index in [9.17, 15) is 14.4 Å². The Balaban J connectivity index is 1.76. The number of methoxy groups -OCH3 is 3. The number of nitrogens with zero attached hydrogens (tertiary/aromatic N) is 2. The van der Waals surface area contributed by atoms with Gasteiger partial charge in [0.25, 0.3) is 5.91 Å². The van der Waals surface area contributed by atoms with E-state index in [-0.39, 0.29) is 12.5 Å². The van der Waals surface area contributed by atoms with Gasteiger partial charge in [-0.25, -0.2) is 4.79 Å². The molecule has 2 aliphatic rings. The number of anilines is 1. The van der Waals surface area contributed by atoms with Crippen molar-refractivity contribution in [2.75, 3.05) is 40.2 Å². The molecule has 1 aliphatic heterocycles. The molecule has 2 fully saturated rings. The van der Waals surface area contributed by atoms with Gasteiger partial charge in [0.15, 0.2) is 11.5 Å². The SMILES string of the molecule is COc1cc(NC(=O)CN2C(=O)N(C)C3(CCCCC3)C2=O)cc(OC)c1OC. The quantitative estimate of drug-likeness (QED) is 0.729. The molecule has 1 saturated carbocycles. The third-order valence-electron chi connectivity index (χ3n) is 5.73. The highest BCUT2D eigenvalue weighted by molar-refractivity contribution is 6.10. The minimum atomic E-state index is -0.803. The van der Waals surface area contributed by atoms with Crippen molar-refractivity contribution >= 4 is 23.5 Å². The minimum Gasteiger partial charge on any atom is -0.493 e. The summed E-state index contributed by atoms with van der Waals surface area (Å²) >= 11 is 0.